The van der Waals surface area contributed by atoms with Gasteiger partial charge in [0, 0.05) is 16.8 Å². The molecule has 50 valence electrons. The van der Waals surface area contributed by atoms with E-state index in [2.05, 4.69) is 39.2 Å². The molecule has 0 saturated carbocycles. The molecule has 0 fully saturated rings. The van der Waals surface area contributed by atoms with Gasteiger partial charge in [-0.05, 0) is 29.5 Å². The lowest BCUT2D eigenvalue weighted by Crippen LogP contribution is -1.84. The molecule has 2 nitrogen and oxygen atoms in total. The Kier molecular flexibility index (Phi) is 4.57. The van der Waals surface area contributed by atoms with E-state index >= 15 is 0 Å². The van der Waals surface area contributed by atoms with Crippen LogP contribution in [0.25, 0.3) is 0 Å². The van der Waals surface area contributed by atoms with E-state index in [9.17, 15) is 0 Å². The maximum absolute atomic E-state index is 3.96. The number of rotatable bonds is 1. The van der Waals surface area contributed by atoms with Gasteiger partial charge in [-0.2, -0.15) is 0 Å². The molecule has 0 unspecified atom stereocenters. The first-order valence-electron chi connectivity index (χ1n) is 2.48. The lowest BCUT2D eigenvalue weighted by Gasteiger charge is -1.85. The quantitative estimate of drug-likeness (QED) is 0.378. The number of amidine groups is 1. The summed E-state index contributed by atoms with van der Waals surface area (Å²) < 4.78 is 0.913. The number of hydrogen-bond donors (Lipinski definition) is 0. The molecule has 9 heavy (non-hydrogen) atoms. The number of aliphatic imine (C=N–C) groups is 2. The molecular weight excluding hydrogens is 227 g/mol. The molecular formula is C6H9IN2. The normalized spacial score (nSPS) is 12.6. The second kappa shape index (κ2) is 4.67. The SMILES string of the molecule is C=C(I)C=NC(C)=NC. The van der Waals surface area contributed by atoms with E-state index in [0.717, 1.165) is 9.42 Å². The fourth-order valence-electron chi connectivity index (χ4n) is 0.221. The van der Waals surface area contributed by atoms with Gasteiger partial charge in [0.25, 0.3) is 0 Å². The van der Waals surface area contributed by atoms with Crippen LogP contribution in [-0.4, -0.2) is 19.1 Å². The van der Waals surface area contributed by atoms with E-state index in [1.807, 2.05) is 6.92 Å². The summed E-state index contributed by atoms with van der Waals surface area (Å²) in [5, 5.41) is 0. The molecule has 0 atom stereocenters. The van der Waals surface area contributed by atoms with Crippen LogP contribution in [0.4, 0.5) is 0 Å². The third-order valence-electron chi connectivity index (χ3n) is 0.715. The van der Waals surface area contributed by atoms with Crippen molar-refractivity contribution in [3.8, 4) is 0 Å². The van der Waals surface area contributed by atoms with Crippen LogP contribution in [0.3, 0.4) is 0 Å². The first-order chi connectivity index (χ1) is 4.16. The Hall–Kier alpha value is -0.190. The van der Waals surface area contributed by atoms with Crippen molar-refractivity contribution in [1.29, 1.82) is 0 Å². The zero-order valence-electron chi connectivity index (χ0n) is 5.56. The van der Waals surface area contributed by atoms with Gasteiger partial charge in [-0.15, -0.1) is 0 Å². The summed E-state index contributed by atoms with van der Waals surface area (Å²) in [6.45, 7) is 5.49. The van der Waals surface area contributed by atoms with Gasteiger partial charge >= 0.3 is 0 Å². The van der Waals surface area contributed by atoms with E-state index in [-0.39, 0.29) is 0 Å². The van der Waals surface area contributed by atoms with E-state index in [4.69, 9.17) is 0 Å². The Bertz CT molecular complexity index is 158. The van der Waals surface area contributed by atoms with Crippen LogP contribution < -0.4 is 0 Å². The molecule has 0 N–H and O–H groups in total. The van der Waals surface area contributed by atoms with Crippen LogP contribution in [0.5, 0.6) is 0 Å². The molecule has 0 spiro atoms. The predicted molar refractivity (Wildman–Crippen MR) is 50.7 cm³/mol. The highest BCUT2D eigenvalue weighted by Crippen LogP contribution is 1.95. The van der Waals surface area contributed by atoms with E-state index in [1.165, 1.54) is 0 Å². The van der Waals surface area contributed by atoms with Crippen molar-refractivity contribution < 1.29 is 0 Å². The summed E-state index contributed by atoms with van der Waals surface area (Å²) >= 11 is 2.09. The first kappa shape index (κ1) is 8.81. The van der Waals surface area contributed by atoms with E-state index in [0.29, 0.717) is 0 Å². The lowest BCUT2D eigenvalue weighted by molar-refractivity contribution is 1.38. The first-order valence-corrected chi connectivity index (χ1v) is 3.56. The van der Waals surface area contributed by atoms with Crippen molar-refractivity contribution in [3.63, 3.8) is 0 Å². The monoisotopic (exact) mass is 236 g/mol. The van der Waals surface area contributed by atoms with Crippen LogP contribution in [0.2, 0.25) is 0 Å². The molecule has 0 bridgehead atoms. The summed E-state index contributed by atoms with van der Waals surface area (Å²) in [4.78, 5) is 7.79. The fourth-order valence-corrected chi connectivity index (χ4v) is 0.360. The third-order valence-corrected chi connectivity index (χ3v) is 0.994. The highest BCUT2D eigenvalue weighted by molar-refractivity contribution is 14.1. The smallest absolute Gasteiger partial charge is 0.119 e. The number of hydrogen-bond acceptors (Lipinski definition) is 1. The van der Waals surface area contributed by atoms with Crippen molar-refractivity contribution in [3.05, 3.63) is 10.2 Å². The predicted octanol–water partition coefficient (Wildman–Crippen LogP) is 2.05. The zero-order valence-corrected chi connectivity index (χ0v) is 7.71. The number of allylic oxidation sites excluding steroid dienone is 1. The lowest BCUT2D eigenvalue weighted by atomic mass is 10.6. The Balaban J connectivity index is 3.86. The van der Waals surface area contributed by atoms with Gasteiger partial charge < -0.3 is 0 Å². The molecule has 0 aromatic heterocycles. The summed E-state index contributed by atoms with van der Waals surface area (Å²) in [5.41, 5.74) is 0. The average molecular weight is 236 g/mol. The average Bonchev–Trinajstić information content (AvgIpc) is 1.83. The Morgan fingerprint density at radius 3 is 2.56 bits per heavy atom. The molecule has 0 saturated heterocycles. The van der Waals surface area contributed by atoms with E-state index in [1.54, 1.807) is 13.3 Å². The van der Waals surface area contributed by atoms with Crippen molar-refractivity contribution in [2.45, 2.75) is 6.92 Å². The van der Waals surface area contributed by atoms with Gasteiger partial charge in [0.1, 0.15) is 5.84 Å². The van der Waals surface area contributed by atoms with Gasteiger partial charge in [0.05, 0.1) is 0 Å². The van der Waals surface area contributed by atoms with Crippen LogP contribution in [-0.2, 0) is 0 Å². The topological polar surface area (TPSA) is 24.7 Å². The summed E-state index contributed by atoms with van der Waals surface area (Å²) in [6, 6.07) is 0. The van der Waals surface area contributed by atoms with Crippen molar-refractivity contribution in [2.75, 3.05) is 7.05 Å². The maximum Gasteiger partial charge on any atom is 0.119 e. The van der Waals surface area contributed by atoms with Crippen LogP contribution in [0.1, 0.15) is 6.92 Å². The fraction of sp³-hybridized carbons (Fsp3) is 0.333. The Labute approximate surface area is 68.9 Å². The third kappa shape index (κ3) is 5.68. The molecule has 0 amide bonds. The number of halogens is 1. The summed E-state index contributed by atoms with van der Waals surface area (Å²) in [7, 11) is 1.71. The maximum atomic E-state index is 3.96. The molecule has 3 heteroatoms. The minimum absolute atomic E-state index is 0.771. The zero-order chi connectivity index (χ0) is 7.28. The second-order valence-corrected chi connectivity index (χ2v) is 2.86. The molecule has 0 radical (unpaired) electrons. The minimum atomic E-state index is 0.771. The standard InChI is InChI=1S/C6H9IN2/c1-5(7)4-9-6(2)8-3/h4H,1H2,2-3H3. The minimum Gasteiger partial charge on any atom is -0.274 e. The van der Waals surface area contributed by atoms with E-state index < -0.39 is 0 Å². The van der Waals surface area contributed by atoms with Gasteiger partial charge in [-0.3, -0.25) is 4.99 Å². The van der Waals surface area contributed by atoms with Gasteiger partial charge in [0.2, 0.25) is 0 Å². The van der Waals surface area contributed by atoms with Crippen molar-refractivity contribution >= 4 is 34.6 Å². The van der Waals surface area contributed by atoms with Crippen molar-refractivity contribution in [2.24, 2.45) is 9.98 Å². The van der Waals surface area contributed by atoms with Gasteiger partial charge in [-0.1, -0.05) is 6.58 Å². The molecule has 0 aromatic carbocycles. The number of nitrogens with zero attached hydrogens (tertiary/aromatic N) is 2. The van der Waals surface area contributed by atoms with Crippen LogP contribution in [0.15, 0.2) is 20.1 Å². The highest BCUT2D eigenvalue weighted by atomic mass is 127. The summed E-state index contributed by atoms with van der Waals surface area (Å²) in [6.07, 6.45) is 1.68. The summed E-state index contributed by atoms with van der Waals surface area (Å²) in [5.74, 6) is 0.771. The molecule has 0 heterocycles. The van der Waals surface area contributed by atoms with Crippen LogP contribution >= 0.6 is 22.6 Å². The molecule has 0 aliphatic carbocycles. The Morgan fingerprint density at radius 1 is 1.67 bits per heavy atom. The van der Waals surface area contributed by atoms with Crippen LogP contribution in [0, 0.1) is 0 Å². The van der Waals surface area contributed by atoms with Crippen molar-refractivity contribution in [1.82, 2.24) is 0 Å². The molecule has 0 aliphatic heterocycles. The van der Waals surface area contributed by atoms with Gasteiger partial charge in [0.15, 0.2) is 0 Å². The largest absolute Gasteiger partial charge is 0.274 e. The highest BCUT2D eigenvalue weighted by Gasteiger charge is 1.79. The molecule has 0 aliphatic rings. The Morgan fingerprint density at radius 2 is 2.22 bits per heavy atom. The van der Waals surface area contributed by atoms with Gasteiger partial charge in [-0.25, -0.2) is 4.99 Å². The molecule has 0 aromatic rings. The second-order valence-electron chi connectivity index (χ2n) is 1.48. The molecule has 0 rings (SSSR count).